The molecule has 5 heteroatoms. The lowest BCUT2D eigenvalue weighted by atomic mass is 10.1. The Bertz CT molecular complexity index is 462. The summed E-state index contributed by atoms with van der Waals surface area (Å²) in [7, 11) is 2.87. The molecule has 0 heterocycles. The van der Waals surface area contributed by atoms with Crippen molar-refractivity contribution in [1.82, 2.24) is 0 Å². The zero-order valence-electron chi connectivity index (χ0n) is 9.94. The molecule has 0 amide bonds. The van der Waals surface area contributed by atoms with E-state index in [4.69, 9.17) is 19.5 Å². The summed E-state index contributed by atoms with van der Waals surface area (Å²) in [5.74, 6) is 0.0858. The van der Waals surface area contributed by atoms with Gasteiger partial charge in [-0.2, -0.15) is 5.26 Å². The van der Waals surface area contributed by atoms with Crippen LogP contribution in [0.15, 0.2) is 12.1 Å². The quantitative estimate of drug-likeness (QED) is 0.743. The minimum absolute atomic E-state index is 0.116. The average Bonchev–Trinajstić information content (AvgIpc) is 2.36. The second kappa shape index (κ2) is 5.75. The molecule has 0 saturated carbocycles. The number of rotatable bonds is 4. The maximum absolute atomic E-state index is 11.6. The zero-order valence-corrected chi connectivity index (χ0v) is 9.94. The minimum Gasteiger partial charge on any atom is -0.493 e. The Balaban J connectivity index is 3.34. The molecule has 1 aromatic carbocycles. The van der Waals surface area contributed by atoms with Gasteiger partial charge in [-0.1, -0.05) is 0 Å². The summed E-state index contributed by atoms with van der Waals surface area (Å²) in [6, 6.07) is 4.97. The number of esters is 1. The molecule has 1 aromatic rings. The van der Waals surface area contributed by atoms with Crippen LogP contribution >= 0.6 is 0 Å². The molecule has 1 rings (SSSR count). The van der Waals surface area contributed by atoms with E-state index < -0.39 is 5.97 Å². The van der Waals surface area contributed by atoms with Crippen molar-refractivity contribution in [1.29, 1.82) is 5.26 Å². The van der Waals surface area contributed by atoms with Gasteiger partial charge in [-0.25, -0.2) is 4.79 Å². The van der Waals surface area contributed by atoms with Crippen molar-refractivity contribution in [2.75, 3.05) is 20.8 Å². The van der Waals surface area contributed by atoms with Crippen LogP contribution in [0.3, 0.4) is 0 Å². The first-order valence-electron chi connectivity index (χ1n) is 5.01. The molecule has 0 fully saturated rings. The SMILES string of the molecule is CCOC(=O)c1ccc(OC)c(OC)c1C#N. The van der Waals surface area contributed by atoms with E-state index in [1.165, 1.54) is 20.3 Å². The van der Waals surface area contributed by atoms with E-state index >= 15 is 0 Å². The third-order valence-corrected chi connectivity index (χ3v) is 2.15. The molecule has 90 valence electrons. The Morgan fingerprint density at radius 2 is 2.06 bits per heavy atom. The molecule has 0 radical (unpaired) electrons. The molecule has 0 bridgehead atoms. The van der Waals surface area contributed by atoms with Crippen LogP contribution in [0.25, 0.3) is 0 Å². The first-order chi connectivity index (χ1) is 8.19. The van der Waals surface area contributed by atoms with Crippen LogP contribution in [0.5, 0.6) is 11.5 Å². The molecule has 0 saturated heterocycles. The second-order valence-electron chi connectivity index (χ2n) is 3.06. The number of hydrogen-bond donors (Lipinski definition) is 0. The zero-order chi connectivity index (χ0) is 12.8. The predicted octanol–water partition coefficient (Wildman–Crippen LogP) is 1.75. The van der Waals surface area contributed by atoms with Crippen molar-refractivity contribution in [2.24, 2.45) is 0 Å². The monoisotopic (exact) mass is 235 g/mol. The lowest BCUT2D eigenvalue weighted by Gasteiger charge is -2.11. The molecular formula is C12H13NO4. The molecular weight excluding hydrogens is 222 g/mol. The smallest absolute Gasteiger partial charge is 0.339 e. The standard InChI is InChI=1S/C12H13NO4/c1-4-17-12(14)8-5-6-10(15-2)11(16-3)9(8)7-13/h5-6H,4H2,1-3H3. The average molecular weight is 235 g/mol. The maximum Gasteiger partial charge on any atom is 0.339 e. The van der Waals surface area contributed by atoms with Gasteiger partial charge >= 0.3 is 5.97 Å². The van der Waals surface area contributed by atoms with E-state index in [2.05, 4.69) is 0 Å². The summed E-state index contributed by atoms with van der Waals surface area (Å²) >= 11 is 0. The number of benzene rings is 1. The van der Waals surface area contributed by atoms with E-state index in [0.717, 1.165) is 0 Å². The predicted molar refractivity (Wildman–Crippen MR) is 60.2 cm³/mol. The fraction of sp³-hybridized carbons (Fsp3) is 0.333. The van der Waals surface area contributed by atoms with Crippen molar-refractivity contribution >= 4 is 5.97 Å². The summed E-state index contributed by atoms with van der Waals surface area (Å²) in [6.45, 7) is 1.95. The van der Waals surface area contributed by atoms with Gasteiger partial charge in [-0.15, -0.1) is 0 Å². The molecule has 0 unspecified atom stereocenters. The Labute approximate surface area is 99.5 Å². The van der Waals surface area contributed by atoms with Crippen molar-refractivity contribution in [3.63, 3.8) is 0 Å². The lowest BCUT2D eigenvalue weighted by Crippen LogP contribution is -2.08. The first kappa shape index (κ1) is 12.8. The van der Waals surface area contributed by atoms with Gasteiger partial charge in [0.2, 0.25) is 0 Å². The number of nitrogens with zero attached hydrogens (tertiary/aromatic N) is 1. The van der Waals surface area contributed by atoms with Crippen LogP contribution in [-0.2, 0) is 4.74 Å². The minimum atomic E-state index is -0.551. The third-order valence-electron chi connectivity index (χ3n) is 2.15. The van der Waals surface area contributed by atoms with E-state index in [1.807, 2.05) is 6.07 Å². The van der Waals surface area contributed by atoms with Crippen LogP contribution < -0.4 is 9.47 Å². The Morgan fingerprint density at radius 1 is 1.35 bits per heavy atom. The Kier molecular flexibility index (Phi) is 4.35. The highest BCUT2D eigenvalue weighted by molar-refractivity contribution is 5.93. The fourth-order valence-electron chi connectivity index (χ4n) is 1.42. The van der Waals surface area contributed by atoms with Gasteiger partial charge in [-0.3, -0.25) is 0 Å². The molecule has 0 N–H and O–H groups in total. The van der Waals surface area contributed by atoms with Gasteiger partial charge in [0.25, 0.3) is 0 Å². The molecule has 17 heavy (non-hydrogen) atoms. The molecule has 0 atom stereocenters. The van der Waals surface area contributed by atoms with E-state index in [1.54, 1.807) is 13.0 Å². The van der Waals surface area contributed by atoms with Crippen molar-refractivity contribution < 1.29 is 19.0 Å². The van der Waals surface area contributed by atoms with Crippen LogP contribution in [-0.4, -0.2) is 26.8 Å². The molecule has 0 aliphatic carbocycles. The highest BCUT2D eigenvalue weighted by Crippen LogP contribution is 2.33. The van der Waals surface area contributed by atoms with Gasteiger partial charge in [0.1, 0.15) is 11.6 Å². The number of carbonyl (C=O) groups excluding carboxylic acids is 1. The number of nitriles is 1. The topological polar surface area (TPSA) is 68.6 Å². The summed E-state index contributed by atoms with van der Waals surface area (Å²) in [4.78, 5) is 11.6. The molecule has 0 spiro atoms. The third kappa shape index (κ3) is 2.48. The molecule has 0 aliphatic heterocycles. The maximum atomic E-state index is 11.6. The van der Waals surface area contributed by atoms with Gasteiger partial charge < -0.3 is 14.2 Å². The van der Waals surface area contributed by atoms with Crippen molar-refractivity contribution in [3.05, 3.63) is 23.3 Å². The molecule has 0 aromatic heterocycles. The second-order valence-corrected chi connectivity index (χ2v) is 3.06. The van der Waals surface area contributed by atoms with Gasteiger partial charge in [-0.05, 0) is 19.1 Å². The molecule has 0 aliphatic rings. The fourth-order valence-corrected chi connectivity index (χ4v) is 1.42. The lowest BCUT2D eigenvalue weighted by molar-refractivity contribution is 0.0525. The number of hydrogen-bond acceptors (Lipinski definition) is 5. The van der Waals surface area contributed by atoms with E-state index in [0.29, 0.717) is 5.75 Å². The van der Waals surface area contributed by atoms with Crippen molar-refractivity contribution in [3.8, 4) is 17.6 Å². The van der Waals surface area contributed by atoms with Crippen LogP contribution in [0, 0.1) is 11.3 Å². The highest BCUT2D eigenvalue weighted by atomic mass is 16.5. The number of ether oxygens (including phenoxy) is 3. The van der Waals surface area contributed by atoms with E-state index in [9.17, 15) is 4.79 Å². The van der Waals surface area contributed by atoms with Gasteiger partial charge in [0.05, 0.1) is 26.4 Å². The molecule has 5 nitrogen and oxygen atoms in total. The van der Waals surface area contributed by atoms with Crippen molar-refractivity contribution in [2.45, 2.75) is 6.92 Å². The largest absolute Gasteiger partial charge is 0.493 e. The Morgan fingerprint density at radius 3 is 2.53 bits per heavy atom. The van der Waals surface area contributed by atoms with E-state index in [-0.39, 0.29) is 23.5 Å². The summed E-state index contributed by atoms with van der Waals surface area (Å²) < 4.78 is 15.0. The summed E-state index contributed by atoms with van der Waals surface area (Å²) in [5.41, 5.74) is 0.289. The number of methoxy groups -OCH3 is 2. The van der Waals surface area contributed by atoms with Crippen LogP contribution in [0.2, 0.25) is 0 Å². The summed E-state index contributed by atoms with van der Waals surface area (Å²) in [6.07, 6.45) is 0. The first-order valence-corrected chi connectivity index (χ1v) is 5.01. The van der Waals surface area contributed by atoms with Gasteiger partial charge in [0, 0.05) is 0 Å². The highest BCUT2D eigenvalue weighted by Gasteiger charge is 2.20. The number of carbonyl (C=O) groups is 1. The summed E-state index contributed by atoms with van der Waals surface area (Å²) in [5, 5.41) is 9.07. The van der Waals surface area contributed by atoms with Crippen LogP contribution in [0.4, 0.5) is 0 Å². The normalized spacial score (nSPS) is 9.29. The van der Waals surface area contributed by atoms with Gasteiger partial charge in [0.15, 0.2) is 11.5 Å². The van der Waals surface area contributed by atoms with Crippen LogP contribution in [0.1, 0.15) is 22.8 Å². The Hall–Kier alpha value is -2.22.